The van der Waals surface area contributed by atoms with Crippen molar-refractivity contribution in [3.8, 4) is 5.69 Å². The summed E-state index contributed by atoms with van der Waals surface area (Å²) < 4.78 is 1.86. The zero-order chi connectivity index (χ0) is 21.2. The maximum atomic E-state index is 12.8. The molecule has 0 unspecified atom stereocenters. The summed E-state index contributed by atoms with van der Waals surface area (Å²) >= 11 is 7.29. The van der Waals surface area contributed by atoms with Crippen molar-refractivity contribution in [1.29, 1.82) is 0 Å². The first-order valence-electron chi connectivity index (χ1n) is 9.75. The van der Waals surface area contributed by atoms with Gasteiger partial charge in [-0.25, -0.2) is 14.6 Å². The third kappa shape index (κ3) is 4.28. The normalized spacial score (nSPS) is 13.1. The molecule has 0 fully saturated rings. The zero-order valence-electron chi connectivity index (χ0n) is 16.4. The number of aromatic nitrogens is 5. The molecule has 4 aromatic rings. The SMILES string of the molecule is O=C(Cc1csc(Nc2ccc(Cl)cn2)n1)N1CCc2c(nnn2-c2ccccc2)C1. The lowest BCUT2D eigenvalue weighted by atomic mass is 10.1. The standard InChI is InChI=1S/C21H18ClN7OS/c22-14-6-7-19(23-11-14)25-21-24-15(13-31-21)10-20(30)28-9-8-18-17(12-28)26-27-29(18)16-4-2-1-3-5-16/h1-7,11,13H,8-10,12H2,(H,23,24,25). The minimum absolute atomic E-state index is 0.0291. The molecule has 5 rings (SSSR count). The van der Waals surface area contributed by atoms with E-state index in [0.29, 0.717) is 29.1 Å². The van der Waals surface area contributed by atoms with Crippen LogP contribution in [0.5, 0.6) is 0 Å². The van der Waals surface area contributed by atoms with E-state index < -0.39 is 0 Å². The van der Waals surface area contributed by atoms with Crippen LogP contribution in [0.25, 0.3) is 5.69 Å². The van der Waals surface area contributed by atoms with Gasteiger partial charge in [-0.15, -0.1) is 16.4 Å². The van der Waals surface area contributed by atoms with Crippen molar-refractivity contribution in [2.45, 2.75) is 19.4 Å². The molecular weight excluding hydrogens is 434 g/mol. The highest BCUT2D eigenvalue weighted by molar-refractivity contribution is 7.13. The lowest BCUT2D eigenvalue weighted by Gasteiger charge is -2.26. The van der Waals surface area contributed by atoms with Crippen LogP contribution in [-0.2, 0) is 24.2 Å². The lowest BCUT2D eigenvalue weighted by Crippen LogP contribution is -2.37. The van der Waals surface area contributed by atoms with E-state index in [1.165, 1.54) is 11.3 Å². The summed E-state index contributed by atoms with van der Waals surface area (Å²) in [6, 6.07) is 13.5. The Bertz CT molecular complexity index is 1210. The fraction of sp³-hybridized carbons (Fsp3) is 0.190. The van der Waals surface area contributed by atoms with Crippen LogP contribution in [-0.4, -0.2) is 42.3 Å². The highest BCUT2D eigenvalue weighted by Crippen LogP contribution is 2.23. The van der Waals surface area contributed by atoms with E-state index >= 15 is 0 Å². The molecule has 3 aromatic heterocycles. The van der Waals surface area contributed by atoms with Crippen LogP contribution in [0, 0.1) is 0 Å². The predicted octanol–water partition coefficient (Wildman–Crippen LogP) is 3.64. The summed E-state index contributed by atoms with van der Waals surface area (Å²) in [4.78, 5) is 23.4. The van der Waals surface area contributed by atoms with Crippen LogP contribution in [0.3, 0.4) is 0 Å². The van der Waals surface area contributed by atoms with Crippen LogP contribution >= 0.6 is 22.9 Å². The second-order valence-corrected chi connectivity index (χ2v) is 8.40. The molecule has 0 spiro atoms. The van der Waals surface area contributed by atoms with E-state index in [1.807, 2.05) is 45.3 Å². The van der Waals surface area contributed by atoms with Crippen LogP contribution in [0.4, 0.5) is 10.9 Å². The molecule has 10 heteroatoms. The number of thiazole rings is 1. The number of amides is 1. The molecule has 0 saturated heterocycles. The highest BCUT2D eigenvalue weighted by Gasteiger charge is 2.26. The number of benzene rings is 1. The monoisotopic (exact) mass is 451 g/mol. The Hall–Kier alpha value is -3.30. The molecule has 0 saturated carbocycles. The number of pyridine rings is 1. The van der Waals surface area contributed by atoms with E-state index in [-0.39, 0.29) is 12.3 Å². The number of hydrogen-bond donors (Lipinski definition) is 1. The van der Waals surface area contributed by atoms with Crippen molar-refractivity contribution in [2.75, 3.05) is 11.9 Å². The number of rotatable bonds is 5. The van der Waals surface area contributed by atoms with Gasteiger partial charge in [0, 0.05) is 24.5 Å². The van der Waals surface area contributed by atoms with E-state index in [9.17, 15) is 4.79 Å². The summed E-state index contributed by atoms with van der Waals surface area (Å²) in [5.74, 6) is 0.683. The number of carbonyl (C=O) groups is 1. The smallest absolute Gasteiger partial charge is 0.228 e. The maximum Gasteiger partial charge on any atom is 0.228 e. The summed E-state index contributed by atoms with van der Waals surface area (Å²) in [6.45, 7) is 1.10. The molecule has 0 bridgehead atoms. The Morgan fingerprint density at radius 1 is 1.19 bits per heavy atom. The van der Waals surface area contributed by atoms with Gasteiger partial charge in [0.15, 0.2) is 5.13 Å². The number of nitrogens with zero attached hydrogens (tertiary/aromatic N) is 6. The van der Waals surface area contributed by atoms with Crippen LogP contribution in [0.2, 0.25) is 5.02 Å². The predicted molar refractivity (Wildman–Crippen MR) is 119 cm³/mol. The molecule has 1 aliphatic rings. The van der Waals surface area contributed by atoms with E-state index in [0.717, 1.165) is 29.2 Å². The van der Waals surface area contributed by atoms with Crippen LogP contribution in [0.1, 0.15) is 17.1 Å². The second-order valence-electron chi connectivity index (χ2n) is 7.10. The van der Waals surface area contributed by atoms with Gasteiger partial charge in [0.25, 0.3) is 0 Å². The minimum Gasteiger partial charge on any atom is -0.336 e. The van der Waals surface area contributed by atoms with Crippen molar-refractivity contribution in [3.05, 3.63) is 76.1 Å². The summed E-state index contributed by atoms with van der Waals surface area (Å²) in [5, 5.41) is 14.9. The summed E-state index contributed by atoms with van der Waals surface area (Å²) in [7, 11) is 0. The molecule has 1 N–H and O–H groups in total. The van der Waals surface area contributed by atoms with E-state index in [1.54, 1.807) is 18.3 Å². The summed E-state index contributed by atoms with van der Waals surface area (Å²) in [6.07, 6.45) is 2.53. The molecule has 0 atom stereocenters. The Kier molecular flexibility index (Phi) is 5.35. The van der Waals surface area contributed by atoms with Gasteiger partial charge in [-0.2, -0.15) is 0 Å². The first-order valence-corrected chi connectivity index (χ1v) is 11.0. The topological polar surface area (TPSA) is 88.8 Å². The number of hydrogen-bond acceptors (Lipinski definition) is 7. The van der Waals surface area contributed by atoms with Gasteiger partial charge < -0.3 is 10.2 Å². The highest BCUT2D eigenvalue weighted by atomic mass is 35.5. The van der Waals surface area contributed by atoms with Gasteiger partial charge in [0.05, 0.1) is 35.1 Å². The molecule has 0 radical (unpaired) electrons. The Balaban J connectivity index is 1.23. The summed E-state index contributed by atoms with van der Waals surface area (Å²) in [5.41, 5.74) is 3.61. The largest absolute Gasteiger partial charge is 0.336 e. The molecule has 31 heavy (non-hydrogen) atoms. The van der Waals surface area contributed by atoms with Gasteiger partial charge >= 0.3 is 0 Å². The van der Waals surface area contributed by atoms with Crippen LogP contribution < -0.4 is 5.32 Å². The van der Waals surface area contributed by atoms with Crippen molar-refractivity contribution >= 4 is 39.8 Å². The molecule has 1 amide bonds. The number of anilines is 2. The number of carbonyl (C=O) groups excluding carboxylic acids is 1. The van der Waals surface area contributed by atoms with E-state index in [4.69, 9.17) is 11.6 Å². The van der Waals surface area contributed by atoms with Crippen molar-refractivity contribution in [2.24, 2.45) is 0 Å². The number of para-hydroxylation sites is 1. The van der Waals surface area contributed by atoms with Crippen molar-refractivity contribution < 1.29 is 4.79 Å². The third-order valence-electron chi connectivity index (χ3n) is 5.00. The van der Waals surface area contributed by atoms with Gasteiger partial charge in [-0.3, -0.25) is 4.79 Å². The van der Waals surface area contributed by atoms with Gasteiger partial charge in [-0.1, -0.05) is 35.0 Å². The minimum atomic E-state index is 0.0291. The molecule has 8 nitrogen and oxygen atoms in total. The average Bonchev–Trinajstić information content (AvgIpc) is 3.42. The van der Waals surface area contributed by atoms with Gasteiger partial charge in [-0.05, 0) is 24.3 Å². The fourth-order valence-electron chi connectivity index (χ4n) is 3.47. The first kappa shape index (κ1) is 19.7. The Morgan fingerprint density at radius 3 is 2.87 bits per heavy atom. The van der Waals surface area contributed by atoms with Gasteiger partial charge in [0.2, 0.25) is 5.91 Å². The Morgan fingerprint density at radius 2 is 2.06 bits per heavy atom. The van der Waals surface area contributed by atoms with E-state index in [2.05, 4.69) is 25.6 Å². The first-order chi connectivity index (χ1) is 15.2. The van der Waals surface area contributed by atoms with Crippen molar-refractivity contribution in [3.63, 3.8) is 0 Å². The van der Waals surface area contributed by atoms with Crippen LogP contribution in [0.15, 0.2) is 54.0 Å². The number of halogens is 1. The quantitative estimate of drug-likeness (QED) is 0.498. The molecule has 156 valence electrons. The van der Waals surface area contributed by atoms with Gasteiger partial charge in [0.1, 0.15) is 11.5 Å². The molecule has 0 aliphatic carbocycles. The lowest BCUT2D eigenvalue weighted by molar-refractivity contribution is -0.131. The number of nitrogens with one attached hydrogen (secondary N) is 1. The fourth-order valence-corrected chi connectivity index (χ4v) is 4.30. The van der Waals surface area contributed by atoms with Crippen molar-refractivity contribution in [1.82, 2.24) is 29.9 Å². The maximum absolute atomic E-state index is 12.8. The number of fused-ring (bicyclic) bond motifs is 1. The average molecular weight is 452 g/mol. The third-order valence-corrected chi connectivity index (χ3v) is 6.03. The zero-order valence-corrected chi connectivity index (χ0v) is 18.0. The second kappa shape index (κ2) is 8.44. The Labute approximate surface area is 187 Å². The molecule has 4 heterocycles. The molecular formula is C21H18ClN7OS. The molecule has 1 aromatic carbocycles. The molecule has 1 aliphatic heterocycles.